The Morgan fingerprint density at radius 1 is 0.175 bits per heavy atom. The zero-order valence-electron chi connectivity index (χ0n) is 63.5. The van der Waals surface area contributed by atoms with E-state index < -0.39 is 0 Å². The Bertz CT molecular complexity index is 7690. The van der Waals surface area contributed by atoms with Gasteiger partial charge in [0.2, 0.25) is 0 Å². The predicted molar refractivity (Wildman–Crippen MR) is 501 cm³/mol. The summed E-state index contributed by atoms with van der Waals surface area (Å²) in [5.41, 5.74) is 2.67. The van der Waals surface area contributed by atoms with Crippen LogP contribution in [0.2, 0.25) is 0 Å². The van der Waals surface area contributed by atoms with Gasteiger partial charge >= 0.3 is 0 Å². The van der Waals surface area contributed by atoms with Gasteiger partial charge in [0.05, 0.1) is 94.5 Å². The molecule has 0 aliphatic heterocycles. The Balaban J connectivity index is 0.0000000959. The third-order valence-corrected chi connectivity index (χ3v) is 32.4. The van der Waals surface area contributed by atoms with Gasteiger partial charge in [0.15, 0.2) is 23.0 Å². The molecular weight excluding hydrogens is 1560 g/mol. The highest BCUT2D eigenvalue weighted by Gasteiger charge is 2.23. The minimum atomic E-state index is 0.747. The minimum Gasteiger partial charge on any atom is -0.497 e. The Labute approximate surface area is 685 Å². The molecule has 0 saturated heterocycles. The van der Waals surface area contributed by atoms with E-state index in [0.29, 0.717) is 0 Å². The Morgan fingerprint density at radius 2 is 0.395 bits per heavy atom. The largest absolute Gasteiger partial charge is 0.497 e. The van der Waals surface area contributed by atoms with Crippen LogP contribution >= 0.6 is 90.7 Å². The third-order valence-electron chi connectivity index (χ3n) is 22.5. The van der Waals surface area contributed by atoms with Crippen LogP contribution in [0, 0.1) is 13.8 Å². The Hall–Kier alpha value is -11.3. The topological polar surface area (TPSA) is 73.8 Å². The van der Waals surface area contributed by atoms with E-state index in [1.54, 1.807) is 56.9 Å². The molecule has 0 N–H and O–H groups in total. The molecule has 0 saturated carbocycles. The molecule has 0 aliphatic rings. The van der Waals surface area contributed by atoms with E-state index >= 15 is 0 Å². The van der Waals surface area contributed by atoms with Crippen molar-refractivity contribution in [2.24, 2.45) is 0 Å². The first-order valence-electron chi connectivity index (χ1n) is 37.2. The van der Waals surface area contributed by atoms with Gasteiger partial charge in [-0.15, -0.1) is 90.7 Å². The molecule has 8 nitrogen and oxygen atoms in total. The Kier molecular flexibility index (Phi) is 17.2. The summed E-state index contributed by atoms with van der Waals surface area (Å²) in [6.45, 7) is 4.49. The normalized spacial score (nSPS) is 11.9. The van der Waals surface area contributed by atoms with Gasteiger partial charge in [-0.05, 0) is 269 Å². The summed E-state index contributed by atoms with van der Waals surface area (Å²) in [5.74, 6) is 6.60. The molecule has 556 valence electrons. The summed E-state index contributed by atoms with van der Waals surface area (Å²) in [6.07, 6.45) is 0. The number of aryl methyl sites for hydroxylation is 2. The number of benzene rings is 16. The first kappa shape index (κ1) is 70.6. The van der Waals surface area contributed by atoms with Crippen LogP contribution in [0.25, 0.3) is 204 Å². The fourth-order valence-electron chi connectivity index (χ4n) is 16.6. The van der Waals surface area contributed by atoms with Crippen molar-refractivity contribution < 1.29 is 37.9 Å². The van der Waals surface area contributed by atoms with Gasteiger partial charge in [0, 0.05) is 80.7 Å². The molecule has 24 aromatic rings. The zero-order chi connectivity index (χ0) is 77.1. The number of thiophene rings is 8. The molecule has 24 rings (SSSR count). The standard InChI is InChI=1S/C26H20O4S2.C26H20O2S2.C24H16O2S2.C22H12S2/c1-27-19-7-13-5-17-23(11-15(13)9-21(19)29-3)31-26-18-6-14-8-20(28-2)22(30-4)10-16(14)12-24(18)32-25(17)26;1-13-19-11-17(27-3)7-5-15(19)9-21-23(13)25-26(29-21)24-14(2)20-12-18(28-4)8-6-16(20)10-22(24)30-25;1-25-17-5-3-13-11-21-19(9-15(13)7-17)23-24(27-21)20-10-16-8-18(26-2)6-4-14(16)12-22(20)28-23;1-3-7-15-11-19-17(9-13(15)5-1)21-22(23-19)18-10-14-6-2-4-8-16(14)12-20(18)24-21/h5-12H,1-4H3;5-12H,1-4H3;3-12H,1-2H3;1-12H. The van der Waals surface area contributed by atoms with Crippen LogP contribution in [0.4, 0.5) is 0 Å². The smallest absolute Gasteiger partial charge is 0.161 e. The summed E-state index contributed by atoms with van der Waals surface area (Å²) in [6, 6.07) is 83.1. The lowest BCUT2D eigenvalue weighted by atomic mass is 10.00. The summed E-state index contributed by atoms with van der Waals surface area (Å²) in [4.78, 5) is 0. The van der Waals surface area contributed by atoms with Crippen molar-refractivity contribution in [1.82, 2.24) is 0 Å². The van der Waals surface area contributed by atoms with Gasteiger partial charge in [-0.2, -0.15) is 0 Å². The number of fused-ring (bicyclic) bond motifs is 28. The molecule has 8 heterocycles. The SMILES string of the molecule is COc1cc2cc3sc4c5cc6cc(OC)c(OC)cc6cc5sc4c3cc2cc1OC.COc1ccc2cc3sc4c(sc5cc6ccc(OC)cc6c(C)c54)c3c(C)c2c1.COc1ccc2cc3sc4c5cc6cc(OC)ccc6cc5sc4c3cc2c1.c1ccc2cc3c(cc2c1)sc1c2cc4ccccc4cc2sc31. The van der Waals surface area contributed by atoms with Crippen LogP contribution in [-0.4, -0.2) is 56.9 Å². The van der Waals surface area contributed by atoms with Gasteiger partial charge in [0.25, 0.3) is 0 Å². The van der Waals surface area contributed by atoms with Crippen LogP contribution in [0.5, 0.6) is 46.0 Å². The second kappa shape index (κ2) is 27.8. The van der Waals surface area contributed by atoms with E-state index in [0.717, 1.165) is 67.5 Å². The van der Waals surface area contributed by atoms with Gasteiger partial charge in [-0.25, -0.2) is 0 Å². The maximum absolute atomic E-state index is 5.51. The maximum Gasteiger partial charge on any atom is 0.161 e. The lowest BCUT2D eigenvalue weighted by Crippen LogP contribution is -1.90. The van der Waals surface area contributed by atoms with E-state index in [4.69, 9.17) is 37.9 Å². The van der Waals surface area contributed by atoms with Crippen molar-refractivity contribution in [2.45, 2.75) is 13.8 Å². The number of rotatable bonds is 8. The highest BCUT2D eigenvalue weighted by atomic mass is 32.1. The van der Waals surface area contributed by atoms with Gasteiger partial charge < -0.3 is 37.9 Å². The van der Waals surface area contributed by atoms with Crippen LogP contribution in [0.15, 0.2) is 231 Å². The summed E-state index contributed by atoms with van der Waals surface area (Å²) in [5, 5.41) is 30.7. The summed E-state index contributed by atoms with van der Waals surface area (Å²) in [7, 11) is 13.6. The second-order valence-corrected chi connectivity index (χ2v) is 37.1. The summed E-state index contributed by atoms with van der Waals surface area (Å²) < 4.78 is 65.6. The van der Waals surface area contributed by atoms with Gasteiger partial charge in [0.1, 0.15) is 23.0 Å². The maximum atomic E-state index is 5.51. The molecule has 0 unspecified atom stereocenters. The van der Waals surface area contributed by atoms with Crippen molar-refractivity contribution in [3.8, 4) is 46.0 Å². The van der Waals surface area contributed by atoms with Crippen LogP contribution in [0.1, 0.15) is 11.1 Å². The number of methoxy groups -OCH3 is 8. The molecule has 8 aromatic heterocycles. The number of hydrogen-bond acceptors (Lipinski definition) is 16. The molecule has 0 radical (unpaired) electrons. The molecule has 0 bridgehead atoms. The fourth-order valence-corrected chi connectivity index (χ4v) is 27.8. The molecular formula is C98H68O8S8. The number of ether oxygens (including phenoxy) is 8. The average Bonchev–Trinajstić information content (AvgIpc) is 1.54. The van der Waals surface area contributed by atoms with Gasteiger partial charge in [-0.1, -0.05) is 72.8 Å². The first-order chi connectivity index (χ1) is 55.8. The van der Waals surface area contributed by atoms with Crippen molar-refractivity contribution in [3.05, 3.63) is 242 Å². The first-order valence-corrected chi connectivity index (χ1v) is 43.7. The third kappa shape index (κ3) is 11.5. The monoisotopic (exact) mass is 1630 g/mol. The molecule has 0 fully saturated rings. The lowest BCUT2D eigenvalue weighted by Gasteiger charge is -2.09. The van der Waals surface area contributed by atoms with E-state index in [1.165, 1.54) is 194 Å². The quantitative estimate of drug-likeness (QED) is 0.149. The van der Waals surface area contributed by atoms with Crippen molar-refractivity contribution in [3.63, 3.8) is 0 Å². The van der Waals surface area contributed by atoms with E-state index in [-0.39, 0.29) is 0 Å². The predicted octanol–water partition coefficient (Wildman–Crippen LogP) is 31.0. The van der Waals surface area contributed by atoms with Crippen LogP contribution in [0.3, 0.4) is 0 Å². The molecule has 16 heteroatoms. The van der Waals surface area contributed by atoms with Crippen molar-refractivity contribution in [2.75, 3.05) is 56.9 Å². The lowest BCUT2D eigenvalue weighted by molar-refractivity contribution is 0.356. The molecule has 0 aliphatic carbocycles. The molecule has 0 atom stereocenters. The Morgan fingerprint density at radius 3 is 0.684 bits per heavy atom. The van der Waals surface area contributed by atoms with Crippen molar-refractivity contribution >= 4 is 295 Å². The van der Waals surface area contributed by atoms with Crippen molar-refractivity contribution in [1.29, 1.82) is 0 Å². The molecule has 0 amide bonds. The molecule has 114 heavy (non-hydrogen) atoms. The second-order valence-electron chi connectivity index (χ2n) is 28.7. The average molecular weight is 1630 g/mol. The van der Waals surface area contributed by atoms with Crippen LogP contribution in [-0.2, 0) is 0 Å². The fraction of sp³-hybridized carbons (Fsp3) is 0.102. The molecule has 0 spiro atoms. The minimum absolute atomic E-state index is 0.747. The highest BCUT2D eigenvalue weighted by Crippen LogP contribution is 2.53. The summed E-state index contributed by atoms with van der Waals surface area (Å²) >= 11 is 15.2. The highest BCUT2D eigenvalue weighted by molar-refractivity contribution is 7.39. The number of hydrogen-bond donors (Lipinski definition) is 0. The van der Waals surface area contributed by atoms with Gasteiger partial charge in [-0.3, -0.25) is 0 Å². The van der Waals surface area contributed by atoms with Crippen LogP contribution < -0.4 is 37.9 Å². The molecule has 16 aromatic carbocycles. The van der Waals surface area contributed by atoms with E-state index in [2.05, 4.69) is 208 Å². The van der Waals surface area contributed by atoms with E-state index in [1.807, 2.05) is 127 Å². The zero-order valence-corrected chi connectivity index (χ0v) is 70.0. The van der Waals surface area contributed by atoms with E-state index in [9.17, 15) is 0 Å².